The number of hydrogen-bond donors (Lipinski definition) is 1. The normalized spacial score (nSPS) is 11.8. The van der Waals surface area contributed by atoms with Crippen LogP contribution in [-0.2, 0) is 16.4 Å². The number of benzene rings is 1. The summed E-state index contributed by atoms with van der Waals surface area (Å²) in [4.78, 5) is 4.49. The van der Waals surface area contributed by atoms with Gasteiger partial charge in [-0.25, -0.2) is 18.1 Å². The fourth-order valence-corrected chi connectivity index (χ4v) is 3.85. The Bertz CT molecular complexity index is 952. The van der Waals surface area contributed by atoms with Crippen molar-refractivity contribution >= 4 is 10.0 Å². The minimum Gasteiger partial charge on any atom is -0.444 e. The highest BCUT2D eigenvalue weighted by Crippen LogP contribution is 2.20. The Kier molecular flexibility index (Phi) is 4.73. The number of nitrogens with zero attached hydrogens (tertiary/aromatic N) is 2. The number of sulfonamides is 1. The largest absolute Gasteiger partial charge is 0.444 e. The number of rotatable bonds is 6. The van der Waals surface area contributed by atoms with Gasteiger partial charge in [0.15, 0.2) is 5.76 Å². The van der Waals surface area contributed by atoms with Gasteiger partial charge < -0.3 is 8.94 Å². The zero-order valence-electron chi connectivity index (χ0n) is 14.2. The third-order valence-electron chi connectivity index (χ3n) is 3.76. The quantitative estimate of drug-likeness (QED) is 0.725. The monoisotopic (exact) mass is 361 g/mol. The van der Waals surface area contributed by atoms with Crippen molar-refractivity contribution < 1.29 is 17.4 Å². The van der Waals surface area contributed by atoms with Crippen LogP contribution in [0, 0.1) is 20.8 Å². The molecular formula is C17H19N3O4S. The van der Waals surface area contributed by atoms with Gasteiger partial charge in [0.2, 0.25) is 15.9 Å². The van der Waals surface area contributed by atoms with Gasteiger partial charge in [0, 0.05) is 18.5 Å². The highest BCUT2D eigenvalue weighted by Gasteiger charge is 2.23. The molecule has 0 atom stereocenters. The van der Waals surface area contributed by atoms with E-state index in [0.717, 1.165) is 11.1 Å². The van der Waals surface area contributed by atoms with Crippen molar-refractivity contribution in [1.82, 2.24) is 14.9 Å². The molecule has 0 amide bonds. The first-order chi connectivity index (χ1) is 11.9. The molecule has 2 heterocycles. The van der Waals surface area contributed by atoms with Crippen LogP contribution in [0.4, 0.5) is 0 Å². The number of aromatic nitrogens is 2. The molecule has 2 aromatic heterocycles. The van der Waals surface area contributed by atoms with E-state index in [1.807, 2.05) is 31.2 Å². The maximum Gasteiger partial charge on any atom is 0.245 e. The molecule has 25 heavy (non-hydrogen) atoms. The Morgan fingerprint density at radius 1 is 1.12 bits per heavy atom. The lowest BCUT2D eigenvalue weighted by Gasteiger charge is -2.04. The Labute approximate surface area is 146 Å². The second-order valence-corrected chi connectivity index (χ2v) is 7.51. The van der Waals surface area contributed by atoms with Crippen LogP contribution < -0.4 is 4.72 Å². The van der Waals surface area contributed by atoms with Gasteiger partial charge in [0.1, 0.15) is 16.9 Å². The Balaban J connectivity index is 1.64. The van der Waals surface area contributed by atoms with Crippen LogP contribution in [-0.4, -0.2) is 25.1 Å². The molecule has 0 aliphatic rings. The van der Waals surface area contributed by atoms with E-state index in [-0.39, 0.29) is 17.2 Å². The van der Waals surface area contributed by atoms with Crippen LogP contribution in [0.15, 0.2) is 44.4 Å². The predicted molar refractivity (Wildman–Crippen MR) is 91.5 cm³/mol. The molecular weight excluding hydrogens is 342 g/mol. The Morgan fingerprint density at radius 2 is 1.84 bits per heavy atom. The molecule has 3 aromatic rings. The minimum atomic E-state index is -3.66. The first-order valence-corrected chi connectivity index (χ1v) is 9.29. The molecule has 8 heteroatoms. The summed E-state index contributed by atoms with van der Waals surface area (Å²) in [6.07, 6.45) is 1.96. The van der Waals surface area contributed by atoms with Crippen molar-refractivity contribution in [1.29, 1.82) is 0 Å². The van der Waals surface area contributed by atoms with Gasteiger partial charge in [-0.1, -0.05) is 22.9 Å². The molecule has 0 spiro atoms. The second-order valence-electron chi connectivity index (χ2n) is 5.81. The maximum absolute atomic E-state index is 12.3. The average Bonchev–Trinajstić information content (AvgIpc) is 3.15. The molecule has 0 fully saturated rings. The van der Waals surface area contributed by atoms with Crippen molar-refractivity contribution in [3.8, 4) is 11.5 Å². The zero-order valence-corrected chi connectivity index (χ0v) is 15.1. The Hall–Kier alpha value is -2.45. The number of oxazole rings is 1. The van der Waals surface area contributed by atoms with E-state index in [1.165, 1.54) is 0 Å². The van der Waals surface area contributed by atoms with Crippen LogP contribution in [0.5, 0.6) is 0 Å². The molecule has 3 rings (SSSR count). The second kappa shape index (κ2) is 6.81. The van der Waals surface area contributed by atoms with Gasteiger partial charge in [0.05, 0.1) is 5.69 Å². The van der Waals surface area contributed by atoms with Gasteiger partial charge in [0.25, 0.3) is 0 Å². The van der Waals surface area contributed by atoms with Gasteiger partial charge in [-0.15, -0.1) is 0 Å². The van der Waals surface area contributed by atoms with Crippen LogP contribution in [0.2, 0.25) is 0 Å². The van der Waals surface area contributed by atoms with E-state index in [9.17, 15) is 8.42 Å². The van der Waals surface area contributed by atoms with Gasteiger partial charge in [-0.2, -0.15) is 0 Å². The number of aryl methyl sites for hydroxylation is 3. The summed E-state index contributed by atoms with van der Waals surface area (Å²) in [7, 11) is -3.66. The summed E-state index contributed by atoms with van der Waals surface area (Å²) in [5.41, 5.74) is 3.06. The molecule has 7 nitrogen and oxygen atoms in total. The van der Waals surface area contributed by atoms with E-state index in [4.69, 9.17) is 8.94 Å². The smallest absolute Gasteiger partial charge is 0.245 e. The molecule has 0 bridgehead atoms. The maximum atomic E-state index is 12.3. The highest BCUT2D eigenvalue weighted by molar-refractivity contribution is 7.89. The van der Waals surface area contributed by atoms with Crippen molar-refractivity contribution in [2.45, 2.75) is 32.1 Å². The lowest BCUT2D eigenvalue weighted by atomic mass is 10.1. The Morgan fingerprint density at radius 3 is 2.48 bits per heavy atom. The van der Waals surface area contributed by atoms with Crippen LogP contribution in [0.3, 0.4) is 0 Å². The van der Waals surface area contributed by atoms with Crippen LogP contribution in [0.1, 0.15) is 22.7 Å². The third-order valence-corrected chi connectivity index (χ3v) is 5.46. The molecule has 0 saturated carbocycles. The summed E-state index contributed by atoms with van der Waals surface area (Å²) in [6.45, 7) is 5.37. The lowest BCUT2D eigenvalue weighted by molar-refractivity contribution is 0.390. The summed E-state index contributed by atoms with van der Waals surface area (Å²) < 4.78 is 37.6. The predicted octanol–water partition coefficient (Wildman–Crippen LogP) is 2.78. The third kappa shape index (κ3) is 3.80. The SMILES string of the molecule is Cc1ccc(-c2nc(CCNS(=O)(=O)c3c(C)noc3C)co2)cc1. The molecule has 0 aliphatic heterocycles. The highest BCUT2D eigenvalue weighted by atomic mass is 32.2. The minimum absolute atomic E-state index is 0.0907. The molecule has 0 aliphatic carbocycles. The summed E-state index contributed by atoms with van der Waals surface area (Å²) in [5, 5.41) is 3.67. The van der Waals surface area contributed by atoms with E-state index in [0.29, 0.717) is 23.7 Å². The first-order valence-electron chi connectivity index (χ1n) is 7.81. The zero-order chi connectivity index (χ0) is 18.0. The van der Waals surface area contributed by atoms with E-state index in [1.54, 1.807) is 20.1 Å². The fourth-order valence-electron chi connectivity index (χ4n) is 2.49. The lowest BCUT2D eigenvalue weighted by Crippen LogP contribution is -2.26. The first kappa shape index (κ1) is 17.4. The van der Waals surface area contributed by atoms with Gasteiger partial charge in [-0.05, 0) is 32.9 Å². The van der Waals surface area contributed by atoms with E-state index >= 15 is 0 Å². The molecule has 0 unspecified atom stereocenters. The van der Waals surface area contributed by atoms with Gasteiger partial charge >= 0.3 is 0 Å². The van der Waals surface area contributed by atoms with Crippen molar-refractivity contribution in [3.05, 3.63) is 53.2 Å². The molecule has 132 valence electrons. The molecule has 1 N–H and O–H groups in total. The topological polar surface area (TPSA) is 98.2 Å². The van der Waals surface area contributed by atoms with E-state index in [2.05, 4.69) is 14.9 Å². The van der Waals surface area contributed by atoms with E-state index < -0.39 is 10.0 Å². The average molecular weight is 361 g/mol. The van der Waals surface area contributed by atoms with Crippen LogP contribution in [0.25, 0.3) is 11.5 Å². The number of nitrogens with one attached hydrogen (secondary N) is 1. The fraction of sp³-hybridized carbons (Fsp3) is 0.294. The summed E-state index contributed by atoms with van der Waals surface area (Å²) in [6, 6.07) is 7.84. The molecule has 1 aromatic carbocycles. The summed E-state index contributed by atoms with van der Waals surface area (Å²) in [5.74, 6) is 0.789. The van der Waals surface area contributed by atoms with Gasteiger partial charge in [-0.3, -0.25) is 0 Å². The van der Waals surface area contributed by atoms with Crippen molar-refractivity contribution in [3.63, 3.8) is 0 Å². The number of hydrogen-bond acceptors (Lipinski definition) is 6. The van der Waals surface area contributed by atoms with Crippen molar-refractivity contribution in [2.24, 2.45) is 0 Å². The molecule has 0 radical (unpaired) electrons. The standard InChI is InChI=1S/C17H19N3O4S/c1-11-4-6-14(7-5-11)17-19-15(10-23-17)8-9-18-25(21,22)16-12(2)20-24-13(16)3/h4-7,10,18H,8-9H2,1-3H3. The van der Waals surface area contributed by atoms with Crippen molar-refractivity contribution in [2.75, 3.05) is 6.54 Å². The summed E-state index contributed by atoms with van der Waals surface area (Å²) >= 11 is 0. The molecule has 0 saturated heterocycles. The van der Waals surface area contributed by atoms with Crippen LogP contribution >= 0.6 is 0 Å².